The van der Waals surface area contributed by atoms with E-state index in [1.54, 1.807) is 42.4 Å². The van der Waals surface area contributed by atoms with Crippen molar-refractivity contribution >= 4 is 34.9 Å². The Kier molecular flexibility index (Phi) is 7.17. The van der Waals surface area contributed by atoms with Gasteiger partial charge in [-0.2, -0.15) is 13.2 Å². The van der Waals surface area contributed by atoms with Crippen LogP contribution >= 0.6 is 0 Å². The van der Waals surface area contributed by atoms with E-state index >= 15 is 0 Å². The summed E-state index contributed by atoms with van der Waals surface area (Å²) in [5.74, 6) is 1.61. The van der Waals surface area contributed by atoms with E-state index < -0.39 is 17.6 Å². The number of alkyl halides is 3. The van der Waals surface area contributed by atoms with Crippen molar-refractivity contribution in [2.45, 2.75) is 32.0 Å². The Labute approximate surface area is 243 Å². The molecule has 0 spiro atoms. The number of methoxy groups -OCH3 is 1. The maximum atomic E-state index is 14.1. The van der Waals surface area contributed by atoms with Crippen LogP contribution in [0.2, 0.25) is 0 Å². The topological polar surface area (TPSA) is 126 Å². The Morgan fingerprint density at radius 1 is 1.07 bits per heavy atom. The number of imidazole rings is 2. The number of anilines is 5. The van der Waals surface area contributed by atoms with Gasteiger partial charge in [0.2, 0.25) is 5.95 Å². The van der Waals surface area contributed by atoms with Crippen LogP contribution in [0.15, 0.2) is 73.6 Å². The van der Waals surface area contributed by atoms with E-state index in [9.17, 15) is 18.0 Å². The van der Waals surface area contributed by atoms with Crippen LogP contribution in [0.5, 0.6) is 5.75 Å². The van der Waals surface area contributed by atoms with Crippen LogP contribution in [-0.4, -0.2) is 48.5 Å². The first-order valence-corrected chi connectivity index (χ1v) is 13.3. The van der Waals surface area contributed by atoms with Crippen molar-refractivity contribution in [1.82, 2.24) is 29.5 Å². The maximum Gasteiger partial charge on any atom is 0.418 e. The number of halogens is 3. The summed E-state index contributed by atoms with van der Waals surface area (Å²) in [6.45, 7) is 1.61. The van der Waals surface area contributed by atoms with Gasteiger partial charge in [0.05, 0.1) is 24.0 Å². The lowest BCUT2D eigenvalue weighted by atomic mass is 10.1. The first-order valence-electron chi connectivity index (χ1n) is 13.3. The third-order valence-corrected chi connectivity index (χ3v) is 6.80. The van der Waals surface area contributed by atoms with Crippen LogP contribution in [0.3, 0.4) is 0 Å². The minimum atomic E-state index is -4.68. The number of nitrogens with zero attached hydrogens (tertiary/aromatic N) is 6. The maximum absolute atomic E-state index is 14.1. The third kappa shape index (κ3) is 5.98. The van der Waals surface area contributed by atoms with Crippen molar-refractivity contribution in [2.24, 2.45) is 0 Å². The molecule has 0 bridgehead atoms. The zero-order valence-corrected chi connectivity index (χ0v) is 23.1. The van der Waals surface area contributed by atoms with E-state index in [0.717, 1.165) is 18.9 Å². The molecule has 0 aliphatic heterocycles. The molecule has 1 aliphatic rings. The van der Waals surface area contributed by atoms with Crippen LogP contribution < -0.4 is 20.3 Å². The number of amides is 1. The van der Waals surface area contributed by atoms with E-state index in [1.165, 1.54) is 48.6 Å². The smallest absolute Gasteiger partial charge is 0.418 e. The number of aromatic amines is 1. The summed E-state index contributed by atoms with van der Waals surface area (Å²) in [6, 6.07) is 10.5. The molecule has 11 nitrogen and oxygen atoms in total. The number of aromatic nitrogens is 6. The van der Waals surface area contributed by atoms with Crippen molar-refractivity contribution < 1.29 is 22.7 Å². The molecule has 1 saturated carbocycles. The molecule has 220 valence electrons. The van der Waals surface area contributed by atoms with Gasteiger partial charge in [0.1, 0.15) is 29.5 Å². The van der Waals surface area contributed by atoms with Crippen LogP contribution in [0.1, 0.15) is 34.6 Å². The van der Waals surface area contributed by atoms with Gasteiger partial charge in [0.25, 0.3) is 5.91 Å². The Hall–Kier alpha value is -5.40. The third-order valence-electron chi connectivity index (χ3n) is 6.80. The zero-order chi connectivity index (χ0) is 30.1. The number of ether oxygens (including phenoxy) is 1. The van der Waals surface area contributed by atoms with Crippen molar-refractivity contribution in [3.05, 3.63) is 90.5 Å². The highest BCUT2D eigenvalue weighted by molar-refractivity contribution is 6.05. The first-order chi connectivity index (χ1) is 20.7. The summed E-state index contributed by atoms with van der Waals surface area (Å²) in [7, 11) is 1.45. The monoisotopic (exact) mass is 589 g/mol. The van der Waals surface area contributed by atoms with Gasteiger partial charge in [0, 0.05) is 54.2 Å². The van der Waals surface area contributed by atoms with Gasteiger partial charge < -0.3 is 24.9 Å². The lowest BCUT2D eigenvalue weighted by molar-refractivity contribution is -0.137. The van der Waals surface area contributed by atoms with E-state index in [-0.39, 0.29) is 16.9 Å². The number of aryl methyl sites for hydroxylation is 1. The van der Waals surface area contributed by atoms with Crippen molar-refractivity contribution in [3.63, 3.8) is 0 Å². The molecule has 3 N–H and O–H groups in total. The van der Waals surface area contributed by atoms with Gasteiger partial charge in [-0.15, -0.1) is 0 Å². The fourth-order valence-corrected chi connectivity index (χ4v) is 4.58. The molecular formula is C29H26F3N9O2. The lowest BCUT2D eigenvalue weighted by Gasteiger charge is -2.23. The predicted molar refractivity (Wildman–Crippen MR) is 153 cm³/mol. The standard InChI is InChI=1S/C29H26F3N9O2/c1-17-33-9-10-40(17)24-6-5-20(13-23(24)29(30,31)32)39-27(42)18-11-21(14-22(12-18)43-2)41(28-34-7-8-35-28)26-15-25(36-16-37-26)38-19-3-4-19/h5-16,19H,3-4H2,1-2H3,(H,34,35)(H,39,42)(H,36,37,38). The van der Waals surface area contributed by atoms with Crippen molar-refractivity contribution in [2.75, 3.05) is 22.6 Å². The lowest BCUT2D eigenvalue weighted by Crippen LogP contribution is -2.17. The van der Waals surface area contributed by atoms with Gasteiger partial charge in [0.15, 0.2) is 0 Å². The predicted octanol–water partition coefficient (Wildman–Crippen LogP) is 6.02. The largest absolute Gasteiger partial charge is 0.497 e. The summed E-state index contributed by atoms with van der Waals surface area (Å²) < 4.78 is 49.0. The molecule has 2 aromatic carbocycles. The Bertz CT molecular complexity index is 1770. The molecule has 6 rings (SSSR count). The summed E-state index contributed by atoms with van der Waals surface area (Å²) in [4.78, 5) is 35.3. The highest BCUT2D eigenvalue weighted by Crippen LogP contribution is 2.37. The number of hydrogen-bond acceptors (Lipinski definition) is 8. The molecule has 0 atom stereocenters. The summed E-state index contributed by atoms with van der Waals surface area (Å²) in [6.07, 6.45) is 4.97. The van der Waals surface area contributed by atoms with Gasteiger partial charge in [-0.1, -0.05) is 0 Å². The van der Waals surface area contributed by atoms with Gasteiger partial charge in [-0.25, -0.2) is 19.9 Å². The fraction of sp³-hybridized carbons (Fsp3) is 0.207. The molecule has 0 unspecified atom stereocenters. The summed E-state index contributed by atoms with van der Waals surface area (Å²) >= 11 is 0. The van der Waals surface area contributed by atoms with E-state index in [1.807, 2.05) is 0 Å². The molecule has 1 fully saturated rings. The molecule has 3 aromatic heterocycles. The molecular weight excluding hydrogens is 563 g/mol. The minimum Gasteiger partial charge on any atom is -0.497 e. The number of carbonyl (C=O) groups is 1. The highest BCUT2D eigenvalue weighted by Gasteiger charge is 2.35. The second-order valence-electron chi connectivity index (χ2n) is 9.88. The Morgan fingerprint density at radius 2 is 1.91 bits per heavy atom. The first kappa shape index (κ1) is 27.8. The number of nitrogens with one attached hydrogen (secondary N) is 3. The number of H-pyrrole nitrogens is 1. The molecule has 43 heavy (non-hydrogen) atoms. The zero-order valence-electron chi connectivity index (χ0n) is 23.1. The Morgan fingerprint density at radius 3 is 2.58 bits per heavy atom. The average molecular weight is 590 g/mol. The normalized spacial score (nSPS) is 13.0. The van der Waals surface area contributed by atoms with Gasteiger partial charge in [-0.3, -0.25) is 9.69 Å². The quantitative estimate of drug-likeness (QED) is 0.191. The SMILES string of the molecule is COc1cc(C(=O)Nc2ccc(-n3ccnc3C)c(C(F)(F)F)c2)cc(N(c2cc(NC3CC3)ncn2)c2ncc[nH]2)c1. The molecule has 3 heterocycles. The fourth-order valence-electron chi connectivity index (χ4n) is 4.58. The van der Waals surface area contributed by atoms with Crippen LogP contribution in [-0.2, 0) is 6.18 Å². The molecule has 1 aliphatic carbocycles. The minimum absolute atomic E-state index is 0.0299. The van der Waals surface area contributed by atoms with Crippen LogP contribution in [0, 0.1) is 6.92 Å². The molecule has 14 heteroatoms. The highest BCUT2D eigenvalue weighted by atomic mass is 19.4. The molecule has 0 saturated heterocycles. The average Bonchev–Trinajstić information content (AvgIpc) is 3.43. The Balaban J connectivity index is 1.35. The molecule has 5 aromatic rings. The van der Waals surface area contributed by atoms with E-state index in [4.69, 9.17) is 4.74 Å². The summed E-state index contributed by atoms with van der Waals surface area (Å²) in [5, 5.41) is 5.93. The number of benzene rings is 2. The van der Waals surface area contributed by atoms with Crippen molar-refractivity contribution in [3.8, 4) is 11.4 Å². The number of rotatable bonds is 9. The van der Waals surface area contributed by atoms with E-state index in [2.05, 4.69) is 35.6 Å². The molecule has 1 amide bonds. The van der Waals surface area contributed by atoms with E-state index in [0.29, 0.717) is 40.9 Å². The van der Waals surface area contributed by atoms with Crippen LogP contribution in [0.4, 0.5) is 42.1 Å². The van der Waals surface area contributed by atoms with Gasteiger partial charge in [-0.05, 0) is 50.1 Å². The second kappa shape index (κ2) is 11.1. The van der Waals surface area contributed by atoms with Crippen LogP contribution in [0.25, 0.3) is 5.69 Å². The van der Waals surface area contributed by atoms with Crippen molar-refractivity contribution in [1.29, 1.82) is 0 Å². The number of hydrogen-bond donors (Lipinski definition) is 3. The second-order valence-corrected chi connectivity index (χ2v) is 9.88. The number of carbonyl (C=O) groups excluding carboxylic acids is 1. The van der Waals surface area contributed by atoms with Gasteiger partial charge >= 0.3 is 6.18 Å². The molecule has 0 radical (unpaired) electrons. The summed E-state index contributed by atoms with van der Waals surface area (Å²) in [5.41, 5.74) is -0.436.